The molecular formula is C12H7ClINO2S. The minimum absolute atomic E-state index is 0.127. The lowest BCUT2D eigenvalue weighted by Crippen LogP contribution is -1.91. The largest absolute Gasteiger partial charge is 0.284 e. The van der Waals surface area contributed by atoms with Crippen molar-refractivity contribution in [3.05, 3.63) is 61.2 Å². The van der Waals surface area contributed by atoms with Gasteiger partial charge in [-0.1, -0.05) is 23.4 Å². The third-order valence-corrected chi connectivity index (χ3v) is 4.16. The third kappa shape index (κ3) is 3.37. The predicted octanol–water partition coefficient (Wildman–Crippen LogP) is 5.00. The molecule has 6 heteroatoms. The maximum Gasteiger partial charge on any atom is 0.284 e. The normalized spacial score (nSPS) is 10.3. The number of hydrogen-bond donors (Lipinski definition) is 0. The zero-order valence-electron chi connectivity index (χ0n) is 8.97. The van der Waals surface area contributed by atoms with Crippen LogP contribution < -0.4 is 0 Å². The summed E-state index contributed by atoms with van der Waals surface area (Å²) in [5.74, 6) is 0. The molecule has 3 nitrogen and oxygen atoms in total. The number of benzene rings is 2. The molecule has 0 saturated carbocycles. The van der Waals surface area contributed by atoms with E-state index in [1.807, 2.05) is 18.2 Å². The van der Waals surface area contributed by atoms with Crippen molar-refractivity contribution < 1.29 is 4.92 Å². The van der Waals surface area contributed by atoms with Crippen molar-refractivity contribution in [2.75, 3.05) is 0 Å². The van der Waals surface area contributed by atoms with Crippen molar-refractivity contribution in [2.24, 2.45) is 0 Å². The van der Waals surface area contributed by atoms with Gasteiger partial charge >= 0.3 is 0 Å². The van der Waals surface area contributed by atoms with E-state index in [-0.39, 0.29) is 10.6 Å². The number of rotatable bonds is 3. The first-order chi connectivity index (χ1) is 8.56. The second-order valence-electron chi connectivity index (χ2n) is 3.43. The summed E-state index contributed by atoms with van der Waals surface area (Å²) < 4.78 is 0.847. The number of nitro groups is 1. The first-order valence-electron chi connectivity index (χ1n) is 4.93. The van der Waals surface area contributed by atoms with E-state index < -0.39 is 0 Å². The van der Waals surface area contributed by atoms with Gasteiger partial charge in [-0.3, -0.25) is 10.1 Å². The average molecular weight is 392 g/mol. The first-order valence-corrected chi connectivity index (χ1v) is 7.21. The molecule has 0 spiro atoms. The molecule has 0 aliphatic carbocycles. The SMILES string of the molecule is O=[N+]([O-])c1cc(I)ccc1Sc1ccc(Cl)cc1. The minimum atomic E-state index is -0.361. The molecule has 0 fully saturated rings. The fourth-order valence-electron chi connectivity index (χ4n) is 1.35. The molecule has 0 aliphatic heterocycles. The van der Waals surface area contributed by atoms with Crippen LogP contribution in [0.15, 0.2) is 52.3 Å². The second-order valence-corrected chi connectivity index (χ2v) is 6.22. The molecule has 0 aliphatic rings. The molecular weight excluding hydrogens is 385 g/mol. The van der Waals surface area contributed by atoms with Crippen molar-refractivity contribution >= 4 is 51.6 Å². The lowest BCUT2D eigenvalue weighted by molar-refractivity contribution is -0.387. The van der Waals surface area contributed by atoms with Crippen LogP contribution in [0.25, 0.3) is 0 Å². The van der Waals surface area contributed by atoms with Crippen LogP contribution in [-0.4, -0.2) is 4.92 Å². The van der Waals surface area contributed by atoms with Gasteiger partial charge in [-0.05, 0) is 59.0 Å². The highest BCUT2D eigenvalue weighted by molar-refractivity contribution is 14.1. The molecule has 0 saturated heterocycles. The van der Waals surface area contributed by atoms with Crippen LogP contribution >= 0.6 is 46.0 Å². The maximum atomic E-state index is 11.0. The van der Waals surface area contributed by atoms with Gasteiger partial charge in [-0.15, -0.1) is 0 Å². The van der Waals surface area contributed by atoms with E-state index in [0.717, 1.165) is 8.47 Å². The van der Waals surface area contributed by atoms with E-state index in [9.17, 15) is 10.1 Å². The summed E-state index contributed by atoms with van der Waals surface area (Å²) in [6, 6.07) is 12.4. The molecule has 0 N–H and O–H groups in total. The van der Waals surface area contributed by atoms with E-state index in [4.69, 9.17) is 11.6 Å². The monoisotopic (exact) mass is 391 g/mol. The Hall–Kier alpha value is -0.790. The van der Waals surface area contributed by atoms with Gasteiger partial charge < -0.3 is 0 Å². The minimum Gasteiger partial charge on any atom is -0.258 e. The highest BCUT2D eigenvalue weighted by Gasteiger charge is 2.15. The quantitative estimate of drug-likeness (QED) is 0.420. The van der Waals surface area contributed by atoms with Crippen LogP contribution in [0, 0.1) is 13.7 Å². The molecule has 0 heterocycles. The molecule has 0 amide bonds. The van der Waals surface area contributed by atoms with E-state index in [0.29, 0.717) is 9.92 Å². The third-order valence-electron chi connectivity index (χ3n) is 2.16. The lowest BCUT2D eigenvalue weighted by Gasteiger charge is -2.03. The highest BCUT2D eigenvalue weighted by Crippen LogP contribution is 2.35. The van der Waals surface area contributed by atoms with E-state index >= 15 is 0 Å². The van der Waals surface area contributed by atoms with Crippen LogP contribution in [0.2, 0.25) is 5.02 Å². The Morgan fingerprint density at radius 1 is 1.17 bits per heavy atom. The predicted molar refractivity (Wildman–Crippen MR) is 81.4 cm³/mol. The molecule has 0 bridgehead atoms. The first kappa shape index (κ1) is 13.6. The number of nitrogens with zero attached hydrogens (tertiary/aromatic N) is 1. The Kier molecular flexibility index (Phi) is 4.47. The van der Waals surface area contributed by atoms with Gasteiger partial charge in [-0.25, -0.2) is 0 Å². The van der Waals surface area contributed by atoms with Crippen LogP contribution in [0.5, 0.6) is 0 Å². The topological polar surface area (TPSA) is 43.1 Å². The lowest BCUT2D eigenvalue weighted by atomic mass is 10.3. The van der Waals surface area contributed by atoms with Gasteiger partial charge in [0.2, 0.25) is 0 Å². The number of hydrogen-bond acceptors (Lipinski definition) is 3. The smallest absolute Gasteiger partial charge is 0.258 e. The fraction of sp³-hybridized carbons (Fsp3) is 0. The standard InChI is InChI=1S/C12H7ClINO2S/c13-8-1-4-10(5-2-8)18-12-6-3-9(14)7-11(12)15(16)17/h1-7H. The van der Waals surface area contributed by atoms with Gasteiger partial charge in [0.25, 0.3) is 5.69 Å². The van der Waals surface area contributed by atoms with Gasteiger partial charge in [-0.2, -0.15) is 0 Å². The molecule has 0 unspecified atom stereocenters. The maximum absolute atomic E-state index is 11.0. The summed E-state index contributed by atoms with van der Waals surface area (Å²) >= 11 is 9.21. The van der Waals surface area contributed by atoms with Crippen LogP contribution in [0.3, 0.4) is 0 Å². The zero-order valence-corrected chi connectivity index (χ0v) is 12.7. The van der Waals surface area contributed by atoms with Gasteiger partial charge in [0, 0.05) is 19.6 Å². The van der Waals surface area contributed by atoms with Gasteiger partial charge in [0.1, 0.15) is 0 Å². The summed E-state index contributed by atoms with van der Waals surface area (Å²) in [6.07, 6.45) is 0. The Morgan fingerprint density at radius 2 is 1.83 bits per heavy atom. The van der Waals surface area contributed by atoms with E-state index in [1.54, 1.807) is 24.3 Å². The molecule has 0 aromatic heterocycles. The van der Waals surface area contributed by atoms with E-state index in [1.165, 1.54) is 11.8 Å². The summed E-state index contributed by atoms with van der Waals surface area (Å²) in [7, 11) is 0. The molecule has 2 aromatic carbocycles. The Balaban J connectivity index is 2.34. The van der Waals surface area contributed by atoms with Crippen molar-refractivity contribution in [1.29, 1.82) is 0 Å². The highest BCUT2D eigenvalue weighted by atomic mass is 127. The van der Waals surface area contributed by atoms with E-state index in [2.05, 4.69) is 22.6 Å². The van der Waals surface area contributed by atoms with Crippen molar-refractivity contribution in [3.8, 4) is 0 Å². The average Bonchev–Trinajstić information content (AvgIpc) is 2.34. The summed E-state index contributed by atoms with van der Waals surface area (Å²) in [5, 5.41) is 11.6. The Morgan fingerprint density at radius 3 is 2.44 bits per heavy atom. The van der Waals surface area contributed by atoms with Crippen molar-refractivity contribution in [1.82, 2.24) is 0 Å². The molecule has 0 radical (unpaired) electrons. The Bertz CT molecular complexity index is 589. The summed E-state index contributed by atoms with van der Waals surface area (Å²) in [5.41, 5.74) is 0.127. The van der Waals surface area contributed by atoms with Crippen molar-refractivity contribution in [2.45, 2.75) is 9.79 Å². The summed E-state index contributed by atoms with van der Waals surface area (Å²) in [6.45, 7) is 0. The van der Waals surface area contributed by atoms with Crippen LogP contribution in [0.4, 0.5) is 5.69 Å². The Labute approximate surface area is 127 Å². The number of nitro benzene ring substituents is 1. The zero-order chi connectivity index (χ0) is 13.1. The van der Waals surface area contributed by atoms with Crippen LogP contribution in [-0.2, 0) is 0 Å². The molecule has 92 valence electrons. The fourth-order valence-corrected chi connectivity index (χ4v) is 2.85. The molecule has 0 atom stereocenters. The van der Waals surface area contributed by atoms with Crippen LogP contribution in [0.1, 0.15) is 0 Å². The van der Waals surface area contributed by atoms with Crippen molar-refractivity contribution in [3.63, 3.8) is 0 Å². The molecule has 2 aromatic rings. The molecule has 2 rings (SSSR count). The van der Waals surface area contributed by atoms with Gasteiger partial charge in [0.05, 0.1) is 9.82 Å². The summed E-state index contributed by atoms with van der Waals surface area (Å²) in [4.78, 5) is 12.2. The van der Waals surface area contributed by atoms with Gasteiger partial charge in [0.15, 0.2) is 0 Å². The number of halogens is 2. The second kappa shape index (κ2) is 5.90. The molecule has 18 heavy (non-hydrogen) atoms.